The van der Waals surface area contributed by atoms with Crippen LogP contribution in [0.5, 0.6) is 5.75 Å². The van der Waals surface area contributed by atoms with E-state index in [-0.39, 0.29) is 17.3 Å². The van der Waals surface area contributed by atoms with E-state index in [9.17, 15) is 4.79 Å². The zero-order valence-corrected chi connectivity index (χ0v) is 16.7. The fourth-order valence-corrected chi connectivity index (χ4v) is 4.20. The number of fused-ring (bicyclic) bond motifs is 3. The van der Waals surface area contributed by atoms with Crippen LogP contribution >= 0.6 is 0 Å². The third kappa shape index (κ3) is 3.86. The lowest BCUT2D eigenvalue weighted by Crippen LogP contribution is -2.60. The van der Waals surface area contributed by atoms with Crippen molar-refractivity contribution in [3.05, 3.63) is 35.4 Å². The maximum atomic E-state index is 12.9. The summed E-state index contributed by atoms with van der Waals surface area (Å²) in [5.41, 5.74) is 0.998. The first kappa shape index (κ1) is 19.1. The van der Waals surface area contributed by atoms with Crippen molar-refractivity contribution in [2.75, 3.05) is 27.2 Å². The van der Waals surface area contributed by atoms with Gasteiger partial charge in [-0.1, -0.05) is 12.1 Å². The summed E-state index contributed by atoms with van der Waals surface area (Å²) >= 11 is 0. The molecule has 1 aromatic rings. The normalized spacial score (nSPS) is 28.8. The second kappa shape index (κ2) is 7.16. The number of rotatable bonds is 6. The van der Waals surface area contributed by atoms with Gasteiger partial charge in [0.1, 0.15) is 11.4 Å². The number of carbonyl (C=O) groups excluding carboxylic acids is 1. The number of hydrogen-bond donors (Lipinski definition) is 0. The maximum absolute atomic E-state index is 12.9. The second-order valence-corrected chi connectivity index (χ2v) is 8.53. The minimum absolute atomic E-state index is 0.150. The molecule has 4 heteroatoms. The Balaban J connectivity index is 1.70. The van der Waals surface area contributed by atoms with Gasteiger partial charge in [0.05, 0.1) is 12.2 Å². The molecule has 0 spiro atoms. The lowest BCUT2D eigenvalue weighted by molar-refractivity contribution is -0.206. The largest absolute Gasteiger partial charge is 0.494 e. The molecule has 2 bridgehead atoms. The molecule has 0 aromatic heterocycles. The van der Waals surface area contributed by atoms with E-state index >= 15 is 0 Å². The Morgan fingerprint density at radius 2 is 1.92 bits per heavy atom. The first-order valence-electron chi connectivity index (χ1n) is 9.55. The lowest BCUT2D eigenvalue weighted by atomic mass is 9.65. The van der Waals surface area contributed by atoms with Crippen molar-refractivity contribution in [3.8, 4) is 5.75 Å². The molecule has 3 aliphatic rings. The summed E-state index contributed by atoms with van der Waals surface area (Å²) in [5.74, 6) is 1.19. The molecule has 1 aliphatic carbocycles. The Bertz CT molecular complexity index is 690. The topological polar surface area (TPSA) is 38.8 Å². The molecule has 0 radical (unpaired) electrons. The average molecular weight is 357 g/mol. The Morgan fingerprint density at radius 3 is 2.54 bits per heavy atom. The van der Waals surface area contributed by atoms with E-state index in [0.717, 1.165) is 42.7 Å². The Kier molecular flexibility index (Phi) is 5.27. The van der Waals surface area contributed by atoms with Gasteiger partial charge in [0.25, 0.3) is 0 Å². The highest BCUT2D eigenvalue weighted by Crippen LogP contribution is 2.50. The van der Waals surface area contributed by atoms with E-state index in [1.54, 1.807) is 0 Å². The molecule has 2 atom stereocenters. The zero-order chi connectivity index (χ0) is 18.9. The highest BCUT2D eigenvalue weighted by Gasteiger charge is 2.56. The Hall–Kier alpha value is -1.65. The first-order chi connectivity index (χ1) is 12.2. The van der Waals surface area contributed by atoms with E-state index in [2.05, 4.69) is 32.8 Å². The van der Waals surface area contributed by atoms with E-state index in [0.29, 0.717) is 6.61 Å². The van der Waals surface area contributed by atoms with Crippen LogP contribution in [0.15, 0.2) is 29.8 Å². The van der Waals surface area contributed by atoms with Crippen LogP contribution in [0.2, 0.25) is 0 Å². The van der Waals surface area contributed by atoms with Gasteiger partial charge in [0.2, 0.25) is 0 Å². The third-order valence-electron chi connectivity index (χ3n) is 5.58. The average Bonchev–Trinajstić information content (AvgIpc) is 2.56. The van der Waals surface area contributed by atoms with Crippen LogP contribution in [0.4, 0.5) is 0 Å². The maximum Gasteiger partial charge on any atom is 0.190 e. The van der Waals surface area contributed by atoms with Crippen molar-refractivity contribution < 1.29 is 14.3 Å². The molecule has 4 nitrogen and oxygen atoms in total. The third-order valence-corrected chi connectivity index (χ3v) is 5.58. The standard InChI is InChI=1S/C22H31NO3/c1-21(2)19-11-12-22(3,26-21)20(24)18(19)15-16-7-9-17(10-8-16)25-14-6-13-23(4)5/h7-10,15,19H,6,11-14H2,1-5H3/b18-15-. The van der Waals surface area contributed by atoms with Crippen molar-refractivity contribution >= 4 is 11.9 Å². The summed E-state index contributed by atoms with van der Waals surface area (Å²) in [6.07, 6.45) is 4.87. The van der Waals surface area contributed by atoms with Gasteiger partial charge in [0, 0.05) is 18.0 Å². The van der Waals surface area contributed by atoms with E-state index in [4.69, 9.17) is 9.47 Å². The summed E-state index contributed by atoms with van der Waals surface area (Å²) < 4.78 is 11.9. The molecule has 2 saturated heterocycles. The number of carbonyl (C=O) groups is 1. The van der Waals surface area contributed by atoms with Gasteiger partial charge in [-0.15, -0.1) is 0 Å². The van der Waals surface area contributed by atoms with E-state index in [1.165, 1.54) is 0 Å². The van der Waals surface area contributed by atoms with Crippen LogP contribution < -0.4 is 4.74 Å². The number of ketones is 1. The first-order valence-corrected chi connectivity index (χ1v) is 9.55. The van der Waals surface area contributed by atoms with Crippen LogP contribution in [0.25, 0.3) is 6.08 Å². The predicted octanol–water partition coefficient (Wildman–Crippen LogP) is 3.95. The van der Waals surface area contributed by atoms with Gasteiger partial charge in [-0.3, -0.25) is 4.79 Å². The van der Waals surface area contributed by atoms with Crippen molar-refractivity contribution in [1.82, 2.24) is 4.90 Å². The van der Waals surface area contributed by atoms with Crippen LogP contribution in [0.1, 0.15) is 45.6 Å². The quantitative estimate of drug-likeness (QED) is 0.571. The van der Waals surface area contributed by atoms with Gasteiger partial charge >= 0.3 is 0 Å². The molecule has 3 fully saturated rings. The highest BCUT2D eigenvalue weighted by molar-refractivity contribution is 6.07. The molecule has 2 aliphatic heterocycles. The van der Waals surface area contributed by atoms with Crippen LogP contribution in [0.3, 0.4) is 0 Å². The SMILES string of the molecule is CN(C)CCCOc1ccc(/C=C2\C(=O)C3(C)CCC2C(C)(C)O3)cc1. The Labute approximate surface area is 157 Å². The summed E-state index contributed by atoms with van der Waals surface area (Å²) in [6, 6.07) is 8.02. The molecule has 0 N–H and O–H groups in total. The number of nitrogens with zero attached hydrogens (tertiary/aromatic N) is 1. The molecule has 4 rings (SSSR count). The summed E-state index contributed by atoms with van der Waals surface area (Å²) in [7, 11) is 4.13. The molecular formula is C22H31NO3. The summed E-state index contributed by atoms with van der Waals surface area (Å²) in [6.45, 7) is 7.86. The van der Waals surface area contributed by atoms with E-state index < -0.39 is 5.60 Å². The number of ether oxygens (including phenoxy) is 2. The molecule has 0 amide bonds. The molecule has 142 valence electrons. The fourth-order valence-electron chi connectivity index (χ4n) is 4.20. The molecule has 26 heavy (non-hydrogen) atoms. The monoisotopic (exact) mass is 357 g/mol. The number of benzene rings is 1. The number of hydrogen-bond acceptors (Lipinski definition) is 4. The van der Waals surface area contributed by atoms with Gasteiger partial charge in [-0.25, -0.2) is 0 Å². The van der Waals surface area contributed by atoms with Crippen LogP contribution in [-0.2, 0) is 9.53 Å². The predicted molar refractivity (Wildman–Crippen MR) is 104 cm³/mol. The van der Waals surface area contributed by atoms with E-state index in [1.807, 2.05) is 37.3 Å². The molecule has 2 heterocycles. The molecule has 1 saturated carbocycles. The van der Waals surface area contributed by atoms with Crippen molar-refractivity contribution in [2.24, 2.45) is 5.92 Å². The van der Waals surface area contributed by atoms with Crippen molar-refractivity contribution in [1.29, 1.82) is 0 Å². The lowest BCUT2D eigenvalue weighted by Gasteiger charge is -2.53. The van der Waals surface area contributed by atoms with Crippen LogP contribution in [0, 0.1) is 5.92 Å². The van der Waals surface area contributed by atoms with Gasteiger partial charge in [-0.05, 0) is 77.9 Å². The molecular weight excluding hydrogens is 326 g/mol. The smallest absolute Gasteiger partial charge is 0.190 e. The Morgan fingerprint density at radius 1 is 1.23 bits per heavy atom. The summed E-state index contributed by atoms with van der Waals surface area (Å²) in [4.78, 5) is 15.0. The fraction of sp³-hybridized carbons (Fsp3) is 0.591. The highest BCUT2D eigenvalue weighted by atomic mass is 16.5. The van der Waals surface area contributed by atoms with Crippen molar-refractivity contribution in [2.45, 2.75) is 51.2 Å². The van der Waals surface area contributed by atoms with Gasteiger partial charge in [-0.2, -0.15) is 0 Å². The molecule has 2 unspecified atom stereocenters. The van der Waals surface area contributed by atoms with Crippen molar-refractivity contribution in [3.63, 3.8) is 0 Å². The van der Waals surface area contributed by atoms with Gasteiger partial charge in [0.15, 0.2) is 5.78 Å². The molecule has 1 aromatic carbocycles. The minimum atomic E-state index is -0.667. The zero-order valence-electron chi connectivity index (χ0n) is 16.7. The van der Waals surface area contributed by atoms with Crippen LogP contribution in [-0.4, -0.2) is 49.1 Å². The second-order valence-electron chi connectivity index (χ2n) is 8.53. The number of Topliss-reactive ketones (excluding diaryl/α,β-unsaturated/α-hetero) is 1. The van der Waals surface area contributed by atoms with Gasteiger partial charge < -0.3 is 14.4 Å². The summed E-state index contributed by atoms with van der Waals surface area (Å²) in [5, 5.41) is 0. The minimum Gasteiger partial charge on any atom is -0.494 e.